The molecule has 1 fully saturated rings. The van der Waals surface area contributed by atoms with Gasteiger partial charge in [0.15, 0.2) is 17.5 Å². The molecule has 0 spiro atoms. The first-order valence-corrected chi connectivity index (χ1v) is 9.42. The third kappa shape index (κ3) is 4.97. The van der Waals surface area contributed by atoms with Crippen molar-refractivity contribution in [3.63, 3.8) is 0 Å². The molecule has 2 N–H and O–H groups in total. The van der Waals surface area contributed by atoms with Crippen molar-refractivity contribution >= 4 is 17.7 Å². The van der Waals surface area contributed by atoms with Crippen LogP contribution in [-0.4, -0.2) is 48.3 Å². The van der Waals surface area contributed by atoms with Crippen molar-refractivity contribution in [1.29, 1.82) is 0 Å². The first kappa shape index (κ1) is 21.4. The highest BCUT2D eigenvalue weighted by Gasteiger charge is 2.26. The van der Waals surface area contributed by atoms with Gasteiger partial charge in [0.05, 0.1) is 12.1 Å². The van der Waals surface area contributed by atoms with Crippen LogP contribution in [0.3, 0.4) is 0 Å². The van der Waals surface area contributed by atoms with Crippen LogP contribution in [-0.2, 0) is 4.79 Å². The Balaban J connectivity index is 1.46. The van der Waals surface area contributed by atoms with Gasteiger partial charge < -0.3 is 15.5 Å². The van der Waals surface area contributed by atoms with E-state index in [0.29, 0.717) is 37.6 Å². The van der Waals surface area contributed by atoms with Crippen molar-refractivity contribution in [3.05, 3.63) is 71.0 Å². The molecule has 0 atom stereocenters. The van der Waals surface area contributed by atoms with Gasteiger partial charge in [0.25, 0.3) is 11.8 Å². The molecule has 0 aromatic heterocycles. The number of nitrogens with zero attached hydrogens (tertiary/aromatic N) is 1. The summed E-state index contributed by atoms with van der Waals surface area (Å²) in [5.41, 5.74) is -0.118. The van der Waals surface area contributed by atoms with E-state index in [-0.39, 0.29) is 24.4 Å². The molecular formula is C21H20F3N3O3. The van der Waals surface area contributed by atoms with Crippen molar-refractivity contribution in [2.24, 2.45) is 0 Å². The second-order valence-electron chi connectivity index (χ2n) is 6.90. The van der Waals surface area contributed by atoms with Crippen molar-refractivity contribution in [2.75, 3.05) is 19.6 Å². The Kier molecular flexibility index (Phi) is 6.71. The Hall–Kier alpha value is -3.36. The standard InChI is InChI=1S/C21H20F3N3O3/c22-16-7-6-15(18(23)19(16)24)21(30)26-14-8-10-27(11-9-14)17(28)12-25-20(29)13-4-2-1-3-5-13/h1-7,14H,8-12H2,(H,25,29)(H,26,30). The first-order valence-electron chi connectivity index (χ1n) is 9.42. The third-order valence-electron chi connectivity index (χ3n) is 4.90. The summed E-state index contributed by atoms with van der Waals surface area (Å²) in [4.78, 5) is 38.0. The largest absolute Gasteiger partial charge is 0.349 e. The fourth-order valence-corrected chi connectivity index (χ4v) is 3.20. The van der Waals surface area contributed by atoms with E-state index < -0.39 is 28.9 Å². The zero-order valence-electron chi connectivity index (χ0n) is 16.0. The van der Waals surface area contributed by atoms with Gasteiger partial charge in [-0.25, -0.2) is 13.2 Å². The van der Waals surface area contributed by atoms with Crippen LogP contribution < -0.4 is 10.6 Å². The molecule has 9 heteroatoms. The Morgan fingerprint density at radius 1 is 0.900 bits per heavy atom. The van der Waals surface area contributed by atoms with Gasteiger partial charge in [-0.1, -0.05) is 18.2 Å². The van der Waals surface area contributed by atoms with Gasteiger partial charge in [0.2, 0.25) is 5.91 Å². The van der Waals surface area contributed by atoms with Crippen LogP contribution in [0.25, 0.3) is 0 Å². The van der Waals surface area contributed by atoms with Crippen molar-refractivity contribution in [1.82, 2.24) is 15.5 Å². The van der Waals surface area contributed by atoms with E-state index in [0.717, 1.165) is 6.07 Å². The summed E-state index contributed by atoms with van der Waals surface area (Å²) >= 11 is 0. The topological polar surface area (TPSA) is 78.5 Å². The van der Waals surface area contributed by atoms with Crippen LogP contribution in [0.2, 0.25) is 0 Å². The predicted octanol–water partition coefficient (Wildman–Crippen LogP) is 2.25. The smallest absolute Gasteiger partial charge is 0.254 e. The molecule has 0 radical (unpaired) electrons. The molecule has 1 aliphatic rings. The lowest BCUT2D eigenvalue weighted by molar-refractivity contribution is -0.131. The molecule has 3 amide bonds. The van der Waals surface area contributed by atoms with Gasteiger partial charge >= 0.3 is 0 Å². The number of piperidine rings is 1. The molecular weight excluding hydrogens is 399 g/mol. The van der Waals surface area contributed by atoms with Gasteiger partial charge in [-0.15, -0.1) is 0 Å². The van der Waals surface area contributed by atoms with E-state index in [1.165, 1.54) is 0 Å². The number of halogens is 3. The summed E-state index contributed by atoms with van der Waals surface area (Å²) in [6.45, 7) is 0.529. The number of benzene rings is 2. The number of amides is 3. The minimum absolute atomic E-state index is 0.148. The normalized spacial score (nSPS) is 14.3. The minimum atomic E-state index is -1.69. The number of likely N-dealkylation sites (tertiary alicyclic amines) is 1. The maximum Gasteiger partial charge on any atom is 0.254 e. The summed E-state index contributed by atoms with van der Waals surface area (Å²) < 4.78 is 40.0. The maximum atomic E-state index is 13.7. The third-order valence-corrected chi connectivity index (χ3v) is 4.90. The average molecular weight is 419 g/mol. The van der Waals surface area contributed by atoms with Crippen LogP contribution in [0.15, 0.2) is 42.5 Å². The van der Waals surface area contributed by atoms with E-state index >= 15 is 0 Å². The van der Waals surface area contributed by atoms with Gasteiger partial charge in [0.1, 0.15) is 0 Å². The SMILES string of the molecule is O=C(NCC(=O)N1CCC(NC(=O)c2ccc(F)c(F)c2F)CC1)c1ccccc1. The van der Waals surface area contributed by atoms with E-state index in [9.17, 15) is 27.6 Å². The Bertz CT molecular complexity index is 945. The summed E-state index contributed by atoms with van der Waals surface area (Å²) in [6.07, 6.45) is 0.824. The molecule has 0 saturated carbocycles. The monoisotopic (exact) mass is 419 g/mol. The van der Waals surface area contributed by atoms with Crippen LogP contribution in [0.1, 0.15) is 33.6 Å². The molecule has 1 heterocycles. The van der Waals surface area contributed by atoms with Gasteiger partial charge in [-0.05, 0) is 37.1 Å². The maximum absolute atomic E-state index is 13.7. The fourth-order valence-electron chi connectivity index (χ4n) is 3.20. The molecule has 6 nitrogen and oxygen atoms in total. The molecule has 1 saturated heterocycles. The van der Waals surface area contributed by atoms with Gasteiger partial charge in [-0.3, -0.25) is 14.4 Å². The lowest BCUT2D eigenvalue weighted by Gasteiger charge is -2.32. The van der Waals surface area contributed by atoms with Crippen LogP contribution in [0.5, 0.6) is 0 Å². The number of hydrogen-bond donors (Lipinski definition) is 2. The van der Waals surface area contributed by atoms with E-state index in [1.54, 1.807) is 35.2 Å². The molecule has 2 aromatic carbocycles. The highest BCUT2D eigenvalue weighted by atomic mass is 19.2. The summed E-state index contributed by atoms with van der Waals surface area (Å²) in [7, 11) is 0. The Morgan fingerprint density at radius 2 is 1.57 bits per heavy atom. The van der Waals surface area contributed by atoms with Gasteiger partial charge in [-0.2, -0.15) is 0 Å². The Labute approximate surface area is 171 Å². The van der Waals surface area contributed by atoms with Crippen LogP contribution in [0, 0.1) is 17.5 Å². The van der Waals surface area contributed by atoms with Crippen molar-refractivity contribution in [3.8, 4) is 0 Å². The molecule has 2 aromatic rings. The second kappa shape index (κ2) is 9.43. The zero-order valence-corrected chi connectivity index (χ0v) is 16.0. The fraction of sp³-hybridized carbons (Fsp3) is 0.286. The number of nitrogens with one attached hydrogen (secondary N) is 2. The highest BCUT2D eigenvalue weighted by Crippen LogP contribution is 2.17. The first-order chi connectivity index (χ1) is 14.4. The van der Waals surface area contributed by atoms with Crippen LogP contribution >= 0.6 is 0 Å². The molecule has 30 heavy (non-hydrogen) atoms. The Morgan fingerprint density at radius 3 is 2.23 bits per heavy atom. The highest BCUT2D eigenvalue weighted by molar-refractivity contribution is 5.96. The average Bonchev–Trinajstić information content (AvgIpc) is 2.76. The molecule has 0 unspecified atom stereocenters. The van der Waals surface area contributed by atoms with E-state index in [1.807, 2.05) is 0 Å². The molecule has 0 aliphatic carbocycles. The molecule has 158 valence electrons. The second-order valence-corrected chi connectivity index (χ2v) is 6.90. The molecule has 0 bridgehead atoms. The van der Waals surface area contributed by atoms with Crippen molar-refractivity contribution < 1.29 is 27.6 Å². The molecule has 3 rings (SSSR count). The summed E-state index contributed by atoms with van der Waals surface area (Å²) in [6, 6.07) is 9.76. The van der Waals surface area contributed by atoms with E-state index in [4.69, 9.17) is 0 Å². The van der Waals surface area contributed by atoms with Crippen LogP contribution in [0.4, 0.5) is 13.2 Å². The summed E-state index contributed by atoms with van der Waals surface area (Å²) in [5.74, 6) is -6.04. The lowest BCUT2D eigenvalue weighted by Crippen LogP contribution is -2.49. The minimum Gasteiger partial charge on any atom is -0.349 e. The predicted molar refractivity (Wildman–Crippen MR) is 102 cm³/mol. The quantitative estimate of drug-likeness (QED) is 0.730. The number of carbonyl (C=O) groups excluding carboxylic acids is 3. The van der Waals surface area contributed by atoms with Crippen molar-refractivity contribution in [2.45, 2.75) is 18.9 Å². The van der Waals surface area contributed by atoms with Gasteiger partial charge in [0, 0.05) is 24.7 Å². The number of carbonyl (C=O) groups is 3. The summed E-state index contributed by atoms with van der Waals surface area (Å²) in [5, 5.41) is 5.15. The molecule has 1 aliphatic heterocycles. The lowest BCUT2D eigenvalue weighted by atomic mass is 10.0. The number of rotatable bonds is 5. The van der Waals surface area contributed by atoms with E-state index in [2.05, 4.69) is 10.6 Å². The zero-order chi connectivity index (χ0) is 21.7. The number of hydrogen-bond acceptors (Lipinski definition) is 3.